The average Bonchev–Trinajstić information content (AvgIpc) is 2.18. The van der Waals surface area contributed by atoms with Crippen LogP contribution >= 0.6 is 0 Å². The molecule has 0 aromatic heterocycles. The molecule has 1 radical (unpaired) electrons. The lowest BCUT2D eigenvalue weighted by atomic mass is 10.2. The average molecular weight is 211 g/mol. The smallest absolute Gasteiger partial charge is 0.181 e. The number of benzene rings is 1. The van der Waals surface area contributed by atoms with Crippen molar-refractivity contribution < 1.29 is 8.42 Å². The fourth-order valence-corrected chi connectivity index (χ4v) is 2.69. The molecular weight excluding hydrogens is 196 g/mol. The molecule has 1 atom stereocenters. The summed E-state index contributed by atoms with van der Waals surface area (Å²) in [5, 5.41) is -0.412. The first kappa shape index (κ1) is 11.2. The lowest BCUT2D eigenvalue weighted by molar-refractivity contribution is 0.584. The van der Waals surface area contributed by atoms with Crippen molar-refractivity contribution in [2.24, 2.45) is 0 Å². The summed E-state index contributed by atoms with van der Waals surface area (Å²) in [5.74, 6) is 0.911. The van der Waals surface area contributed by atoms with Gasteiger partial charge in [-0.05, 0) is 25.0 Å². The topological polar surface area (TPSA) is 34.1 Å². The second-order valence-electron chi connectivity index (χ2n) is 3.58. The number of rotatable bonds is 3. The third kappa shape index (κ3) is 2.15. The Morgan fingerprint density at radius 3 is 2.07 bits per heavy atom. The van der Waals surface area contributed by atoms with Gasteiger partial charge in [-0.1, -0.05) is 32.0 Å². The van der Waals surface area contributed by atoms with Crippen molar-refractivity contribution in [3.05, 3.63) is 36.2 Å². The van der Waals surface area contributed by atoms with Crippen molar-refractivity contribution in [3.8, 4) is 0 Å². The predicted molar refractivity (Wildman–Crippen MR) is 57.7 cm³/mol. The Bertz CT molecular complexity index is 379. The van der Waals surface area contributed by atoms with E-state index < -0.39 is 15.1 Å². The van der Waals surface area contributed by atoms with Crippen molar-refractivity contribution >= 4 is 9.84 Å². The zero-order valence-corrected chi connectivity index (χ0v) is 9.51. The predicted octanol–water partition coefficient (Wildman–Crippen LogP) is 2.46. The normalized spacial score (nSPS) is 14.3. The van der Waals surface area contributed by atoms with Crippen LogP contribution in [0.5, 0.6) is 0 Å². The number of hydrogen-bond donors (Lipinski definition) is 0. The Balaban J connectivity index is 3.10. The van der Waals surface area contributed by atoms with Gasteiger partial charge in [-0.15, -0.1) is 0 Å². The molecule has 0 amide bonds. The Labute approximate surface area is 85.9 Å². The summed E-state index contributed by atoms with van der Waals surface area (Å²) < 4.78 is 23.9. The first-order valence-corrected chi connectivity index (χ1v) is 6.10. The molecule has 0 aliphatic rings. The van der Waals surface area contributed by atoms with Gasteiger partial charge >= 0.3 is 0 Å². The highest BCUT2D eigenvalue weighted by Crippen LogP contribution is 2.21. The zero-order chi connectivity index (χ0) is 10.8. The molecule has 1 rings (SSSR count). The molecule has 0 aliphatic heterocycles. The maximum absolute atomic E-state index is 12.0. The van der Waals surface area contributed by atoms with E-state index in [1.54, 1.807) is 31.2 Å². The van der Waals surface area contributed by atoms with Crippen LogP contribution in [0.15, 0.2) is 35.2 Å². The minimum Gasteiger partial charge on any atom is -0.223 e. The quantitative estimate of drug-likeness (QED) is 0.769. The molecular formula is C11H15O2S. The van der Waals surface area contributed by atoms with Gasteiger partial charge in [0.25, 0.3) is 0 Å². The Morgan fingerprint density at radius 1 is 1.14 bits per heavy atom. The molecule has 0 spiro atoms. The summed E-state index contributed by atoms with van der Waals surface area (Å²) in [7, 11) is -3.18. The third-order valence-corrected chi connectivity index (χ3v) is 4.68. The van der Waals surface area contributed by atoms with E-state index in [1.165, 1.54) is 0 Å². The van der Waals surface area contributed by atoms with Crippen molar-refractivity contribution in [3.63, 3.8) is 0 Å². The summed E-state index contributed by atoms with van der Waals surface area (Å²) in [6.07, 6.45) is 0. The van der Waals surface area contributed by atoms with E-state index in [0.29, 0.717) is 4.90 Å². The second-order valence-corrected chi connectivity index (χ2v) is 5.85. The van der Waals surface area contributed by atoms with E-state index in [2.05, 4.69) is 0 Å². The lowest BCUT2D eigenvalue weighted by Gasteiger charge is -2.15. The molecule has 0 bridgehead atoms. The van der Waals surface area contributed by atoms with Gasteiger partial charge in [0.2, 0.25) is 0 Å². The van der Waals surface area contributed by atoms with Crippen LogP contribution < -0.4 is 0 Å². The molecule has 0 aliphatic carbocycles. The summed E-state index contributed by atoms with van der Waals surface area (Å²) in [6, 6.07) is 8.56. The van der Waals surface area contributed by atoms with Crippen LogP contribution in [-0.2, 0) is 9.84 Å². The molecule has 77 valence electrons. The molecule has 0 heterocycles. The summed E-state index contributed by atoms with van der Waals surface area (Å²) in [5.41, 5.74) is 0. The highest BCUT2D eigenvalue weighted by atomic mass is 32.2. The first-order valence-electron chi connectivity index (χ1n) is 4.55. The van der Waals surface area contributed by atoms with Gasteiger partial charge in [0.05, 0.1) is 10.1 Å². The van der Waals surface area contributed by atoms with Crippen molar-refractivity contribution in [2.75, 3.05) is 0 Å². The van der Waals surface area contributed by atoms with E-state index >= 15 is 0 Å². The van der Waals surface area contributed by atoms with Gasteiger partial charge in [-0.3, -0.25) is 0 Å². The fourth-order valence-electron chi connectivity index (χ4n) is 1.12. The van der Waals surface area contributed by atoms with Crippen molar-refractivity contribution in [1.82, 2.24) is 0 Å². The highest BCUT2D eigenvalue weighted by molar-refractivity contribution is 7.92. The fraction of sp³-hybridized carbons (Fsp3) is 0.364. The van der Waals surface area contributed by atoms with Gasteiger partial charge in [-0.2, -0.15) is 0 Å². The largest absolute Gasteiger partial charge is 0.223 e. The van der Waals surface area contributed by atoms with Crippen LogP contribution in [0.3, 0.4) is 0 Å². The summed E-state index contributed by atoms with van der Waals surface area (Å²) in [6.45, 7) is 5.40. The molecule has 0 saturated carbocycles. The van der Waals surface area contributed by atoms with Crippen LogP contribution in [0, 0.1) is 5.92 Å². The van der Waals surface area contributed by atoms with Crippen LogP contribution in [0.2, 0.25) is 0 Å². The van der Waals surface area contributed by atoms with E-state index in [-0.39, 0.29) is 0 Å². The van der Waals surface area contributed by atoms with E-state index in [9.17, 15) is 8.42 Å². The molecule has 0 saturated heterocycles. The maximum Gasteiger partial charge on any atom is 0.181 e. The van der Waals surface area contributed by atoms with Crippen LogP contribution in [-0.4, -0.2) is 13.7 Å². The SMILES string of the molecule is C[C](C)C(C)S(=O)(=O)c1ccccc1. The lowest BCUT2D eigenvalue weighted by Crippen LogP contribution is -2.22. The van der Waals surface area contributed by atoms with Crippen LogP contribution in [0.1, 0.15) is 20.8 Å². The van der Waals surface area contributed by atoms with E-state index in [1.807, 2.05) is 19.9 Å². The molecule has 0 N–H and O–H groups in total. The summed E-state index contributed by atoms with van der Waals surface area (Å²) >= 11 is 0. The minimum absolute atomic E-state index is 0.397. The number of hydrogen-bond acceptors (Lipinski definition) is 2. The third-order valence-electron chi connectivity index (χ3n) is 2.35. The van der Waals surface area contributed by atoms with Gasteiger partial charge in [0.1, 0.15) is 0 Å². The van der Waals surface area contributed by atoms with Gasteiger partial charge in [0, 0.05) is 0 Å². The van der Waals surface area contributed by atoms with Gasteiger partial charge < -0.3 is 0 Å². The monoisotopic (exact) mass is 211 g/mol. The molecule has 1 unspecified atom stereocenters. The molecule has 1 aromatic rings. The van der Waals surface area contributed by atoms with Crippen molar-refractivity contribution in [1.29, 1.82) is 0 Å². The van der Waals surface area contributed by atoms with E-state index in [4.69, 9.17) is 0 Å². The van der Waals surface area contributed by atoms with Gasteiger partial charge in [-0.25, -0.2) is 8.42 Å². The standard InChI is InChI=1S/C11H15O2S/c1-9(2)10(3)14(12,13)11-7-5-4-6-8-11/h4-8,10H,1-3H3. The molecule has 2 nitrogen and oxygen atoms in total. The number of sulfone groups is 1. The molecule has 0 fully saturated rings. The van der Waals surface area contributed by atoms with Crippen LogP contribution in [0.25, 0.3) is 0 Å². The molecule has 1 aromatic carbocycles. The minimum atomic E-state index is -3.18. The highest BCUT2D eigenvalue weighted by Gasteiger charge is 2.25. The Hall–Kier alpha value is -0.830. The Kier molecular flexibility index (Phi) is 3.32. The molecule has 3 heteroatoms. The zero-order valence-electron chi connectivity index (χ0n) is 8.69. The second kappa shape index (κ2) is 4.13. The molecule has 14 heavy (non-hydrogen) atoms. The van der Waals surface area contributed by atoms with Gasteiger partial charge in [0.15, 0.2) is 9.84 Å². The van der Waals surface area contributed by atoms with E-state index in [0.717, 1.165) is 5.92 Å². The van der Waals surface area contributed by atoms with Crippen LogP contribution in [0.4, 0.5) is 0 Å². The van der Waals surface area contributed by atoms with Crippen molar-refractivity contribution in [2.45, 2.75) is 30.9 Å². The Morgan fingerprint density at radius 2 is 1.64 bits per heavy atom. The maximum atomic E-state index is 12.0. The first-order chi connectivity index (χ1) is 6.46. The summed E-state index contributed by atoms with van der Waals surface area (Å²) in [4.78, 5) is 0.397.